The molecule has 3 aromatic rings. The highest BCUT2D eigenvalue weighted by molar-refractivity contribution is 5.65. The van der Waals surface area contributed by atoms with Crippen LogP contribution in [0.5, 0.6) is 0 Å². The van der Waals surface area contributed by atoms with E-state index in [2.05, 4.69) is 41.7 Å². The first-order chi connectivity index (χ1) is 12.7. The Hall–Kier alpha value is -2.81. The SMILES string of the molecule is Cc1cc(=O)c(C2CCC2)c(CNc2ccc(-c3ccccc3)cc2)o1. The molecule has 1 saturated carbocycles. The summed E-state index contributed by atoms with van der Waals surface area (Å²) >= 11 is 0. The van der Waals surface area contributed by atoms with Gasteiger partial charge in [-0.15, -0.1) is 0 Å². The molecule has 0 atom stereocenters. The maximum Gasteiger partial charge on any atom is 0.188 e. The van der Waals surface area contributed by atoms with Crippen molar-refractivity contribution in [3.63, 3.8) is 0 Å². The lowest BCUT2D eigenvalue weighted by molar-refractivity contribution is 0.386. The van der Waals surface area contributed by atoms with E-state index in [4.69, 9.17) is 4.42 Å². The Morgan fingerprint density at radius 2 is 1.69 bits per heavy atom. The van der Waals surface area contributed by atoms with Crippen molar-refractivity contribution in [2.24, 2.45) is 0 Å². The fourth-order valence-corrected chi connectivity index (χ4v) is 3.53. The first-order valence-corrected chi connectivity index (χ1v) is 9.23. The zero-order valence-electron chi connectivity index (χ0n) is 15.0. The van der Waals surface area contributed by atoms with E-state index in [1.165, 1.54) is 17.5 Å². The van der Waals surface area contributed by atoms with Crippen molar-refractivity contribution in [3.8, 4) is 11.1 Å². The van der Waals surface area contributed by atoms with Gasteiger partial charge in [0.2, 0.25) is 0 Å². The zero-order chi connectivity index (χ0) is 17.9. The molecule has 0 radical (unpaired) electrons. The third kappa shape index (κ3) is 3.43. The molecule has 0 unspecified atom stereocenters. The summed E-state index contributed by atoms with van der Waals surface area (Å²) in [5, 5.41) is 3.40. The molecular weight excluding hydrogens is 322 g/mol. The van der Waals surface area contributed by atoms with Gasteiger partial charge in [0, 0.05) is 17.3 Å². The summed E-state index contributed by atoms with van der Waals surface area (Å²) in [6, 6.07) is 20.3. The molecule has 0 amide bonds. The molecule has 26 heavy (non-hydrogen) atoms. The molecule has 1 aliphatic rings. The Balaban J connectivity index is 1.52. The van der Waals surface area contributed by atoms with E-state index in [0.29, 0.717) is 18.2 Å². The Bertz CT molecular complexity index is 938. The van der Waals surface area contributed by atoms with Crippen LogP contribution in [0.4, 0.5) is 5.69 Å². The maximum absolute atomic E-state index is 12.4. The molecule has 3 heteroatoms. The van der Waals surface area contributed by atoms with Gasteiger partial charge in [0.1, 0.15) is 11.5 Å². The summed E-state index contributed by atoms with van der Waals surface area (Å²) in [5.74, 6) is 1.82. The first kappa shape index (κ1) is 16.6. The van der Waals surface area contributed by atoms with E-state index in [-0.39, 0.29) is 5.43 Å². The van der Waals surface area contributed by atoms with Crippen molar-refractivity contribution < 1.29 is 4.42 Å². The average molecular weight is 345 g/mol. The van der Waals surface area contributed by atoms with Gasteiger partial charge in [-0.1, -0.05) is 48.9 Å². The van der Waals surface area contributed by atoms with Gasteiger partial charge >= 0.3 is 0 Å². The van der Waals surface area contributed by atoms with Crippen LogP contribution in [-0.4, -0.2) is 0 Å². The minimum atomic E-state index is 0.120. The monoisotopic (exact) mass is 345 g/mol. The van der Waals surface area contributed by atoms with Crippen LogP contribution in [0.2, 0.25) is 0 Å². The number of anilines is 1. The molecule has 3 nitrogen and oxygen atoms in total. The molecule has 0 aliphatic heterocycles. The molecule has 1 fully saturated rings. The predicted octanol–water partition coefficient (Wildman–Crippen LogP) is 5.49. The van der Waals surface area contributed by atoms with Gasteiger partial charge in [0.25, 0.3) is 0 Å². The van der Waals surface area contributed by atoms with Gasteiger partial charge in [0.15, 0.2) is 5.43 Å². The normalized spacial score (nSPS) is 14.0. The number of rotatable bonds is 5. The number of benzene rings is 2. The lowest BCUT2D eigenvalue weighted by Crippen LogP contribution is -2.22. The minimum absolute atomic E-state index is 0.120. The van der Waals surface area contributed by atoms with Crippen molar-refractivity contribution in [1.82, 2.24) is 0 Å². The second-order valence-corrected chi connectivity index (χ2v) is 6.98. The Morgan fingerprint density at radius 1 is 1.00 bits per heavy atom. The number of hydrogen-bond donors (Lipinski definition) is 1. The summed E-state index contributed by atoms with van der Waals surface area (Å²) in [4.78, 5) is 12.4. The summed E-state index contributed by atoms with van der Waals surface area (Å²) in [6.45, 7) is 2.37. The lowest BCUT2D eigenvalue weighted by atomic mass is 9.79. The smallest absolute Gasteiger partial charge is 0.188 e. The van der Waals surface area contributed by atoms with Crippen molar-refractivity contribution in [2.75, 3.05) is 5.32 Å². The molecular formula is C23H23NO2. The van der Waals surface area contributed by atoms with Gasteiger partial charge in [-0.05, 0) is 48.9 Å². The molecule has 1 aromatic heterocycles. The Morgan fingerprint density at radius 3 is 2.35 bits per heavy atom. The third-order valence-corrected chi connectivity index (χ3v) is 5.14. The Kier molecular flexibility index (Phi) is 4.61. The van der Waals surface area contributed by atoms with Crippen LogP contribution >= 0.6 is 0 Å². The second-order valence-electron chi connectivity index (χ2n) is 6.98. The first-order valence-electron chi connectivity index (χ1n) is 9.23. The number of hydrogen-bond acceptors (Lipinski definition) is 3. The van der Waals surface area contributed by atoms with Crippen LogP contribution in [0.25, 0.3) is 11.1 Å². The predicted molar refractivity (Wildman–Crippen MR) is 106 cm³/mol. The van der Waals surface area contributed by atoms with E-state index in [1.54, 1.807) is 6.07 Å². The lowest BCUT2D eigenvalue weighted by Gasteiger charge is -2.26. The van der Waals surface area contributed by atoms with E-state index in [9.17, 15) is 4.79 Å². The van der Waals surface area contributed by atoms with Crippen LogP contribution in [-0.2, 0) is 6.54 Å². The highest BCUT2D eigenvalue weighted by atomic mass is 16.3. The summed E-state index contributed by atoms with van der Waals surface area (Å²) < 4.78 is 5.90. The van der Waals surface area contributed by atoms with Crippen molar-refractivity contribution >= 4 is 5.69 Å². The fraction of sp³-hybridized carbons (Fsp3) is 0.261. The van der Waals surface area contributed by atoms with Gasteiger partial charge in [0.05, 0.1) is 6.54 Å². The van der Waals surface area contributed by atoms with Gasteiger partial charge in [-0.3, -0.25) is 4.79 Å². The Labute approximate surface area is 153 Å². The fourth-order valence-electron chi connectivity index (χ4n) is 3.53. The highest BCUT2D eigenvalue weighted by Crippen LogP contribution is 2.36. The van der Waals surface area contributed by atoms with Crippen LogP contribution in [0.1, 0.15) is 42.3 Å². The molecule has 0 spiro atoms. The van der Waals surface area contributed by atoms with E-state index in [0.717, 1.165) is 29.9 Å². The molecule has 0 saturated heterocycles. The molecule has 4 rings (SSSR count). The van der Waals surface area contributed by atoms with Crippen molar-refractivity contribution in [2.45, 2.75) is 38.6 Å². The second kappa shape index (κ2) is 7.20. The number of nitrogens with one attached hydrogen (secondary N) is 1. The summed E-state index contributed by atoms with van der Waals surface area (Å²) in [7, 11) is 0. The molecule has 1 aliphatic carbocycles. The minimum Gasteiger partial charge on any atom is -0.464 e. The van der Waals surface area contributed by atoms with Crippen LogP contribution in [0, 0.1) is 6.92 Å². The third-order valence-electron chi connectivity index (χ3n) is 5.14. The molecule has 1 heterocycles. The summed E-state index contributed by atoms with van der Waals surface area (Å²) in [5.41, 5.74) is 4.41. The van der Waals surface area contributed by atoms with Gasteiger partial charge in [-0.2, -0.15) is 0 Å². The van der Waals surface area contributed by atoms with Gasteiger partial charge in [-0.25, -0.2) is 0 Å². The van der Waals surface area contributed by atoms with Crippen LogP contribution in [0.15, 0.2) is 69.9 Å². The zero-order valence-corrected chi connectivity index (χ0v) is 15.0. The van der Waals surface area contributed by atoms with Crippen molar-refractivity contribution in [3.05, 3.63) is 88.0 Å². The van der Waals surface area contributed by atoms with Crippen LogP contribution < -0.4 is 10.7 Å². The standard InChI is InChI=1S/C23H23NO2/c1-16-14-21(25)23(19-8-5-9-19)22(26-16)15-24-20-12-10-18(11-13-20)17-6-3-2-4-7-17/h2-4,6-7,10-14,19,24H,5,8-9,15H2,1H3. The van der Waals surface area contributed by atoms with Crippen LogP contribution in [0.3, 0.4) is 0 Å². The van der Waals surface area contributed by atoms with Gasteiger partial charge < -0.3 is 9.73 Å². The quantitative estimate of drug-likeness (QED) is 0.664. The number of aryl methyl sites for hydroxylation is 1. The van der Waals surface area contributed by atoms with Crippen molar-refractivity contribution in [1.29, 1.82) is 0 Å². The maximum atomic E-state index is 12.4. The largest absolute Gasteiger partial charge is 0.464 e. The average Bonchev–Trinajstić information content (AvgIpc) is 2.62. The summed E-state index contributed by atoms with van der Waals surface area (Å²) in [6.07, 6.45) is 3.38. The molecule has 132 valence electrons. The van der Waals surface area contributed by atoms with E-state index in [1.807, 2.05) is 25.1 Å². The molecule has 0 bridgehead atoms. The topological polar surface area (TPSA) is 42.2 Å². The molecule has 2 aromatic carbocycles. The molecule has 1 N–H and O–H groups in total. The van der Waals surface area contributed by atoms with E-state index >= 15 is 0 Å². The highest BCUT2D eigenvalue weighted by Gasteiger charge is 2.26. The van der Waals surface area contributed by atoms with E-state index < -0.39 is 0 Å².